The highest BCUT2D eigenvalue weighted by atomic mass is 16.2. The van der Waals surface area contributed by atoms with Gasteiger partial charge in [0.05, 0.1) is 5.92 Å². The third kappa shape index (κ3) is 2.44. The zero-order valence-corrected chi connectivity index (χ0v) is 14.5. The van der Waals surface area contributed by atoms with Gasteiger partial charge >= 0.3 is 0 Å². The van der Waals surface area contributed by atoms with E-state index in [1.165, 1.54) is 22.2 Å². The molecule has 2 fully saturated rings. The maximum atomic E-state index is 13.0. The molecule has 0 bridgehead atoms. The Balaban J connectivity index is 1.38. The van der Waals surface area contributed by atoms with Crippen LogP contribution in [-0.4, -0.2) is 45.7 Å². The summed E-state index contributed by atoms with van der Waals surface area (Å²) in [5, 5.41) is 1.23. The van der Waals surface area contributed by atoms with Gasteiger partial charge in [-0.15, -0.1) is 0 Å². The van der Waals surface area contributed by atoms with E-state index in [1.807, 2.05) is 9.80 Å². The predicted octanol–water partition coefficient (Wildman–Crippen LogP) is 2.37. The van der Waals surface area contributed by atoms with Crippen LogP contribution in [0.5, 0.6) is 0 Å². The van der Waals surface area contributed by atoms with Crippen LogP contribution in [0.4, 0.5) is 0 Å². The van der Waals surface area contributed by atoms with E-state index in [-0.39, 0.29) is 17.7 Å². The molecule has 1 aromatic carbocycles. The molecule has 2 aromatic rings. The molecule has 5 heteroatoms. The Kier molecular flexibility index (Phi) is 3.21. The van der Waals surface area contributed by atoms with E-state index in [4.69, 9.17) is 0 Å². The average Bonchev–Trinajstić information content (AvgIpc) is 3.29. The largest absolute Gasteiger partial charge is 0.358 e. The molecule has 2 aliphatic heterocycles. The minimum absolute atomic E-state index is 0.151. The molecule has 1 atom stereocenters. The molecule has 5 rings (SSSR count). The van der Waals surface area contributed by atoms with Crippen molar-refractivity contribution in [3.63, 3.8) is 0 Å². The SMILES string of the molecule is Cc1ccc2[nH]c3c(c2c1)CN(C(=O)C1CC(=O)N(C2CC2)C1)CC3. The molecule has 130 valence electrons. The van der Waals surface area contributed by atoms with Crippen molar-refractivity contribution in [1.82, 2.24) is 14.8 Å². The molecule has 3 heterocycles. The fourth-order valence-corrected chi connectivity index (χ4v) is 4.41. The van der Waals surface area contributed by atoms with Gasteiger partial charge in [-0.2, -0.15) is 0 Å². The van der Waals surface area contributed by atoms with E-state index in [2.05, 4.69) is 30.1 Å². The summed E-state index contributed by atoms with van der Waals surface area (Å²) in [7, 11) is 0. The Morgan fingerprint density at radius 1 is 1.28 bits per heavy atom. The lowest BCUT2D eigenvalue weighted by Crippen LogP contribution is -2.40. The summed E-state index contributed by atoms with van der Waals surface area (Å²) in [6.07, 6.45) is 3.47. The van der Waals surface area contributed by atoms with Crippen LogP contribution in [0.1, 0.15) is 36.1 Å². The van der Waals surface area contributed by atoms with Crippen molar-refractivity contribution in [3.05, 3.63) is 35.0 Å². The van der Waals surface area contributed by atoms with E-state index in [0.29, 0.717) is 25.6 Å². The van der Waals surface area contributed by atoms with Gasteiger partial charge < -0.3 is 14.8 Å². The standard InChI is InChI=1S/C20H23N3O2/c1-12-2-5-17-15(8-12)16-11-22(7-6-18(16)21-17)20(25)13-9-19(24)23(10-13)14-3-4-14/h2,5,8,13-14,21H,3-4,6-7,9-11H2,1H3. The number of hydrogen-bond acceptors (Lipinski definition) is 2. The Morgan fingerprint density at radius 3 is 2.92 bits per heavy atom. The molecule has 0 spiro atoms. The number of likely N-dealkylation sites (tertiary alicyclic amines) is 1. The summed E-state index contributed by atoms with van der Waals surface area (Å²) in [5.74, 6) is 0.173. The van der Waals surface area contributed by atoms with Crippen molar-refractivity contribution < 1.29 is 9.59 Å². The van der Waals surface area contributed by atoms with E-state index < -0.39 is 0 Å². The number of nitrogens with one attached hydrogen (secondary N) is 1. The van der Waals surface area contributed by atoms with Crippen molar-refractivity contribution in [2.75, 3.05) is 13.1 Å². The van der Waals surface area contributed by atoms with Crippen LogP contribution >= 0.6 is 0 Å². The van der Waals surface area contributed by atoms with Gasteiger partial charge in [-0.3, -0.25) is 9.59 Å². The Bertz CT molecular complexity index is 880. The van der Waals surface area contributed by atoms with Gasteiger partial charge in [0.2, 0.25) is 11.8 Å². The first kappa shape index (κ1) is 15.0. The van der Waals surface area contributed by atoms with Gasteiger partial charge in [-0.1, -0.05) is 11.6 Å². The highest BCUT2D eigenvalue weighted by molar-refractivity contribution is 5.91. The number of nitrogens with zero attached hydrogens (tertiary/aromatic N) is 2. The lowest BCUT2D eigenvalue weighted by Gasteiger charge is -2.29. The molecule has 0 radical (unpaired) electrons. The predicted molar refractivity (Wildman–Crippen MR) is 95.0 cm³/mol. The smallest absolute Gasteiger partial charge is 0.228 e. The molecular weight excluding hydrogens is 314 g/mol. The number of aromatic nitrogens is 1. The first-order valence-corrected chi connectivity index (χ1v) is 9.28. The van der Waals surface area contributed by atoms with Crippen LogP contribution in [0.15, 0.2) is 18.2 Å². The van der Waals surface area contributed by atoms with E-state index >= 15 is 0 Å². The number of rotatable bonds is 2. The summed E-state index contributed by atoms with van der Waals surface area (Å²) in [5.41, 5.74) is 4.90. The molecule has 2 amide bonds. The second-order valence-corrected chi connectivity index (χ2v) is 7.82. The second-order valence-electron chi connectivity index (χ2n) is 7.82. The third-order valence-corrected chi connectivity index (χ3v) is 5.94. The summed E-state index contributed by atoms with van der Waals surface area (Å²) in [6, 6.07) is 6.85. The molecule has 1 saturated carbocycles. The Hall–Kier alpha value is -2.30. The number of fused-ring (bicyclic) bond motifs is 3. The van der Waals surface area contributed by atoms with Crippen molar-refractivity contribution in [1.29, 1.82) is 0 Å². The topological polar surface area (TPSA) is 56.4 Å². The minimum atomic E-state index is -0.151. The number of aromatic amines is 1. The summed E-state index contributed by atoms with van der Waals surface area (Å²) >= 11 is 0. The van der Waals surface area contributed by atoms with Crippen LogP contribution in [-0.2, 0) is 22.6 Å². The number of hydrogen-bond donors (Lipinski definition) is 1. The van der Waals surface area contributed by atoms with Gasteiger partial charge in [0.15, 0.2) is 0 Å². The molecule has 1 unspecified atom stereocenters. The van der Waals surface area contributed by atoms with Gasteiger partial charge in [0.25, 0.3) is 0 Å². The van der Waals surface area contributed by atoms with E-state index in [1.54, 1.807) is 0 Å². The third-order valence-electron chi connectivity index (χ3n) is 5.94. The Labute approximate surface area is 147 Å². The Morgan fingerprint density at radius 2 is 2.12 bits per heavy atom. The van der Waals surface area contributed by atoms with Gasteiger partial charge in [0, 0.05) is 60.7 Å². The summed E-state index contributed by atoms with van der Waals surface area (Å²) in [4.78, 5) is 32.6. The monoisotopic (exact) mass is 337 g/mol. The lowest BCUT2D eigenvalue weighted by molar-refractivity contribution is -0.136. The molecule has 1 aliphatic carbocycles. The first-order valence-electron chi connectivity index (χ1n) is 9.28. The van der Waals surface area contributed by atoms with Crippen LogP contribution in [0.2, 0.25) is 0 Å². The zero-order chi connectivity index (χ0) is 17.1. The number of H-pyrrole nitrogens is 1. The number of carbonyl (C=O) groups excluding carboxylic acids is 2. The maximum absolute atomic E-state index is 13.0. The molecule has 5 nitrogen and oxygen atoms in total. The van der Waals surface area contributed by atoms with E-state index in [0.717, 1.165) is 31.3 Å². The first-order chi connectivity index (χ1) is 12.1. The van der Waals surface area contributed by atoms with E-state index in [9.17, 15) is 9.59 Å². The normalized spacial score (nSPS) is 23.4. The van der Waals surface area contributed by atoms with Gasteiger partial charge in [0.1, 0.15) is 0 Å². The highest BCUT2D eigenvalue weighted by Gasteiger charge is 2.43. The minimum Gasteiger partial charge on any atom is -0.358 e. The summed E-state index contributed by atoms with van der Waals surface area (Å²) in [6.45, 7) is 4.12. The van der Waals surface area contributed by atoms with Crippen molar-refractivity contribution >= 4 is 22.7 Å². The molecular formula is C20H23N3O2. The fraction of sp³-hybridized carbons (Fsp3) is 0.500. The average molecular weight is 337 g/mol. The fourth-order valence-electron chi connectivity index (χ4n) is 4.41. The van der Waals surface area contributed by atoms with Gasteiger partial charge in [-0.25, -0.2) is 0 Å². The summed E-state index contributed by atoms with van der Waals surface area (Å²) < 4.78 is 0. The van der Waals surface area contributed by atoms with Crippen molar-refractivity contribution in [2.24, 2.45) is 5.92 Å². The quantitative estimate of drug-likeness (QED) is 0.915. The number of benzene rings is 1. The van der Waals surface area contributed by atoms with Crippen LogP contribution in [0, 0.1) is 12.8 Å². The lowest BCUT2D eigenvalue weighted by atomic mass is 10.0. The molecule has 3 aliphatic rings. The van der Waals surface area contributed by atoms with Gasteiger partial charge in [-0.05, 0) is 31.9 Å². The molecule has 1 N–H and O–H groups in total. The molecule has 1 aromatic heterocycles. The zero-order valence-electron chi connectivity index (χ0n) is 14.5. The number of carbonyl (C=O) groups is 2. The molecule has 25 heavy (non-hydrogen) atoms. The maximum Gasteiger partial charge on any atom is 0.228 e. The highest BCUT2D eigenvalue weighted by Crippen LogP contribution is 2.34. The van der Waals surface area contributed by atoms with Crippen molar-refractivity contribution in [2.45, 2.75) is 45.2 Å². The second kappa shape index (κ2) is 5.35. The van der Waals surface area contributed by atoms with Crippen LogP contribution < -0.4 is 0 Å². The van der Waals surface area contributed by atoms with Crippen LogP contribution in [0.25, 0.3) is 10.9 Å². The number of amides is 2. The number of aryl methyl sites for hydroxylation is 1. The molecule has 1 saturated heterocycles. The van der Waals surface area contributed by atoms with Crippen molar-refractivity contribution in [3.8, 4) is 0 Å². The van der Waals surface area contributed by atoms with Crippen LogP contribution in [0.3, 0.4) is 0 Å².